The molecule has 0 unspecified atom stereocenters. The molecule has 5 aromatic rings. The zero-order valence-electron chi connectivity index (χ0n) is 28.5. The van der Waals surface area contributed by atoms with Crippen LogP contribution in [0.4, 0.5) is 0 Å². The first-order valence-corrected chi connectivity index (χ1v) is 17.5. The van der Waals surface area contributed by atoms with E-state index >= 15 is 0 Å². The molecule has 2 aliphatic rings. The van der Waals surface area contributed by atoms with E-state index in [9.17, 15) is 9.90 Å². The number of rotatable bonds is 11. The van der Waals surface area contributed by atoms with Crippen LogP contribution in [0, 0.1) is 5.92 Å². The molecule has 4 atom stereocenters. The second kappa shape index (κ2) is 14.9. The molecule has 1 aliphatic carbocycles. The largest absolute Gasteiger partial charge is 0.498 e. The third kappa shape index (κ3) is 5.95. The molecule has 2 heterocycles. The number of ether oxygens (including phenoxy) is 2. The SMILES string of the molecule is COC(c1ccccc1)(c1ccccc1)[C@@H]1OB(c2ccoc2[C@H](O)[C@H]2CCCCCC2=O)O[C@H]1C(OC)(c1ccccc1)c1ccccc1. The predicted octanol–water partition coefficient (Wildman–Crippen LogP) is 7.12. The maximum absolute atomic E-state index is 13.2. The zero-order chi connectivity index (χ0) is 34.6. The van der Waals surface area contributed by atoms with Gasteiger partial charge in [-0.2, -0.15) is 0 Å². The summed E-state index contributed by atoms with van der Waals surface area (Å²) in [5.74, 6) is -0.229. The lowest BCUT2D eigenvalue weighted by Crippen LogP contribution is -2.56. The number of ketones is 1. The Bertz CT molecular complexity index is 1650. The Morgan fingerprint density at radius 2 is 1.10 bits per heavy atom. The summed E-state index contributed by atoms with van der Waals surface area (Å²) in [5.41, 5.74) is 1.64. The van der Waals surface area contributed by atoms with E-state index in [-0.39, 0.29) is 11.5 Å². The summed E-state index contributed by atoms with van der Waals surface area (Å²) < 4.78 is 33.8. The van der Waals surface area contributed by atoms with Gasteiger partial charge in [0.2, 0.25) is 0 Å². The van der Waals surface area contributed by atoms with E-state index in [0.717, 1.165) is 41.5 Å². The fraction of sp³-hybridized carbons (Fsp3) is 0.310. The van der Waals surface area contributed by atoms with Crippen molar-refractivity contribution in [3.8, 4) is 0 Å². The van der Waals surface area contributed by atoms with Crippen molar-refractivity contribution in [3.63, 3.8) is 0 Å². The van der Waals surface area contributed by atoms with E-state index in [1.165, 1.54) is 6.26 Å². The molecule has 7 rings (SSSR count). The van der Waals surface area contributed by atoms with Crippen molar-refractivity contribution in [2.45, 2.75) is 61.6 Å². The van der Waals surface area contributed by atoms with Crippen LogP contribution in [-0.2, 0) is 34.8 Å². The van der Waals surface area contributed by atoms with Crippen LogP contribution in [0.15, 0.2) is 138 Å². The van der Waals surface area contributed by atoms with Gasteiger partial charge in [0.25, 0.3) is 0 Å². The number of hydrogen-bond donors (Lipinski definition) is 1. The topological polar surface area (TPSA) is 87.4 Å². The van der Waals surface area contributed by atoms with E-state index in [1.807, 2.05) is 121 Å². The quantitative estimate of drug-likeness (QED) is 0.118. The fourth-order valence-electron chi connectivity index (χ4n) is 8.11. The van der Waals surface area contributed by atoms with Crippen LogP contribution in [-0.4, -0.2) is 44.4 Å². The lowest BCUT2D eigenvalue weighted by Gasteiger charge is -2.46. The average molecular weight is 671 g/mol. The molecule has 256 valence electrons. The molecule has 0 amide bonds. The molecule has 1 saturated heterocycles. The van der Waals surface area contributed by atoms with Crippen LogP contribution in [0.25, 0.3) is 0 Å². The summed E-state index contributed by atoms with van der Waals surface area (Å²) in [5, 5.41) is 11.8. The second-order valence-electron chi connectivity index (χ2n) is 13.1. The first kappa shape index (κ1) is 34.2. The fourth-order valence-corrected chi connectivity index (χ4v) is 8.11. The van der Waals surface area contributed by atoms with Gasteiger partial charge in [0.15, 0.2) is 0 Å². The number of methoxy groups -OCH3 is 2. The molecular weight excluding hydrogens is 627 g/mol. The van der Waals surface area contributed by atoms with Crippen molar-refractivity contribution in [1.82, 2.24) is 0 Å². The van der Waals surface area contributed by atoms with Crippen molar-refractivity contribution >= 4 is 18.4 Å². The van der Waals surface area contributed by atoms with Gasteiger partial charge in [-0.15, -0.1) is 0 Å². The maximum Gasteiger partial charge on any atom is 0.498 e. The highest BCUT2D eigenvalue weighted by Crippen LogP contribution is 2.50. The number of aliphatic hydroxyl groups excluding tert-OH is 1. The molecule has 0 radical (unpaired) electrons. The Morgan fingerprint density at radius 1 is 0.660 bits per heavy atom. The van der Waals surface area contributed by atoms with Crippen LogP contribution >= 0.6 is 0 Å². The number of carbonyl (C=O) groups is 1. The van der Waals surface area contributed by atoms with Crippen molar-refractivity contribution in [2.75, 3.05) is 14.2 Å². The van der Waals surface area contributed by atoms with Crippen molar-refractivity contribution < 1.29 is 33.1 Å². The molecular formula is C42H43BO7. The summed E-state index contributed by atoms with van der Waals surface area (Å²) in [6.45, 7) is 0. The molecule has 4 aromatic carbocycles. The van der Waals surface area contributed by atoms with Gasteiger partial charge in [0, 0.05) is 26.1 Å². The zero-order valence-corrected chi connectivity index (χ0v) is 28.5. The first-order chi connectivity index (χ1) is 24.5. The number of hydrogen-bond acceptors (Lipinski definition) is 7. The number of carbonyl (C=O) groups excluding carboxylic acids is 1. The molecule has 1 aromatic heterocycles. The van der Waals surface area contributed by atoms with Crippen LogP contribution in [0.1, 0.15) is 66.2 Å². The molecule has 1 N–H and O–H groups in total. The second-order valence-corrected chi connectivity index (χ2v) is 13.1. The normalized spacial score (nSPS) is 20.8. The van der Waals surface area contributed by atoms with Gasteiger partial charge in [-0.3, -0.25) is 4.79 Å². The van der Waals surface area contributed by atoms with Gasteiger partial charge >= 0.3 is 7.12 Å². The first-order valence-electron chi connectivity index (χ1n) is 17.5. The van der Waals surface area contributed by atoms with Crippen LogP contribution in [0.2, 0.25) is 0 Å². The average Bonchev–Trinajstić information content (AvgIpc) is 3.79. The molecule has 0 spiro atoms. The Hall–Kier alpha value is -4.31. The Labute approximate surface area is 294 Å². The summed E-state index contributed by atoms with van der Waals surface area (Å²) in [6.07, 6.45) is 2.48. The number of aliphatic hydroxyl groups is 1. The lowest BCUT2D eigenvalue weighted by molar-refractivity contribution is -0.136. The standard InChI is InChI=1S/C42H43BO7/c1-46-41(30-18-8-3-9-19-30,31-20-10-4-11-21-31)39-40(42(47-2,32-22-12-5-13-23-32)33-24-14-6-15-25-33)50-43(49-39)35-28-29-48-38(35)37(45)34-26-16-7-17-27-36(34)44/h3-6,8-15,18-25,28-29,34,37,39-40,45H,7,16-17,26-27H2,1-2H3/t34-,37+,39+,40+/m0/s1. The number of benzene rings is 4. The van der Waals surface area contributed by atoms with E-state index in [1.54, 1.807) is 20.3 Å². The van der Waals surface area contributed by atoms with Crippen LogP contribution in [0.3, 0.4) is 0 Å². The molecule has 0 bridgehead atoms. The molecule has 8 heteroatoms. The van der Waals surface area contributed by atoms with E-state index in [4.69, 9.17) is 23.2 Å². The van der Waals surface area contributed by atoms with Crippen molar-refractivity contribution in [2.24, 2.45) is 5.92 Å². The molecule has 50 heavy (non-hydrogen) atoms. The van der Waals surface area contributed by atoms with Gasteiger partial charge in [-0.05, 0) is 41.2 Å². The smallest absolute Gasteiger partial charge is 0.467 e. The Balaban J connectivity index is 1.44. The summed E-state index contributed by atoms with van der Waals surface area (Å²) in [4.78, 5) is 13.2. The van der Waals surface area contributed by atoms with E-state index in [0.29, 0.717) is 18.3 Å². The molecule has 7 nitrogen and oxygen atoms in total. The Morgan fingerprint density at radius 3 is 1.52 bits per heavy atom. The van der Waals surface area contributed by atoms with E-state index in [2.05, 4.69) is 0 Å². The highest BCUT2D eigenvalue weighted by Gasteiger charge is 2.62. The highest BCUT2D eigenvalue weighted by molar-refractivity contribution is 6.62. The summed E-state index contributed by atoms with van der Waals surface area (Å²) in [6, 6.07) is 41.8. The molecule has 1 aliphatic heterocycles. The van der Waals surface area contributed by atoms with Gasteiger partial charge in [0.05, 0.1) is 12.2 Å². The van der Waals surface area contributed by atoms with Gasteiger partial charge in [0.1, 0.15) is 41.1 Å². The number of furan rings is 1. The maximum atomic E-state index is 13.2. The van der Waals surface area contributed by atoms with Gasteiger partial charge in [-0.25, -0.2) is 0 Å². The minimum Gasteiger partial charge on any atom is -0.467 e. The van der Waals surface area contributed by atoms with Gasteiger partial charge < -0.3 is 28.3 Å². The summed E-state index contributed by atoms with van der Waals surface area (Å²) in [7, 11) is 2.38. The van der Waals surface area contributed by atoms with Gasteiger partial charge in [-0.1, -0.05) is 134 Å². The Kier molecular flexibility index (Phi) is 10.2. The molecule has 2 fully saturated rings. The monoisotopic (exact) mass is 670 g/mol. The molecule has 1 saturated carbocycles. The number of Topliss-reactive ketones (excluding diaryl/α,β-unsaturated/α-hetero) is 1. The van der Waals surface area contributed by atoms with Crippen LogP contribution in [0.5, 0.6) is 0 Å². The summed E-state index contributed by atoms with van der Waals surface area (Å²) >= 11 is 0. The predicted molar refractivity (Wildman–Crippen MR) is 192 cm³/mol. The minimum atomic E-state index is -1.19. The van der Waals surface area contributed by atoms with Crippen LogP contribution < -0.4 is 5.46 Å². The highest BCUT2D eigenvalue weighted by atomic mass is 16.7. The minimum absolute atomic E-state index is 0.0551. The lowest BCUT2D eigenvalue weighted by atomic mass is 9.71. The third-order valence-corrected chi connectivity index (χ3v) is 10.6. The van der Waals surface area contributed by atoms with Crippen molar-refractivity contribution in [1.29, 1.82) is 0 Å². The van der Waals surface area contributed by atoms with Crippen molar-refractivity contribution in [3.05, 3.63) is 162 Å². The van der Waals surface area contributed by atoms with E-state index < -0.39 is 42.6 Å². The third-order valence-electron chi connectivity index (χ3n) is 10.6.